The Kier molecular flexibility index (Phi) is 5.75. The SMILES string of the molecule is CC(C(=O)c1cccc(NS(C)(=O)=O)c1)N(C)Cc1ccccc1. The van der Waals surface area contributed by atoms with E-state index in [0.29, 0.717) is 17.8 Å². The first kappa shape index (κ1) is 18.2. The number of likely N-dealkylation sites (N-methyl/N-ethyl adjacent to an activating group) is 1. The number of hydrogen-bond acceptors (Lipinski definition) is 4. The minimum Gasteiger partial charge on any atom is -0.292 e. The van der Waals surface area contributed by atoms with Gasteiger partial charge in [-0.2, -0.15) is 0 Å². The number of ketones is 1. The predicted molar refractivity (Wildman–Crippen MR) is 96.6 cm³/mol. The molecule has 5 nitrogen and oxygen atoms in total. The maximum absolute atomic E-state index is 12.7. The summed E-state index contributed by atoms with van der Waals surface area (Å²) < 4.78 is 25.0. The average Bonchev–Trinajstić information content (AvgIpc) is 2.53. The molecule has 2 rings (SSSR count). The zero-order valence-electron chi connectivity index (χ0n) is 14.1. The van der Waals surface area contributed by atoms with Crippen LogP contribution in [0.3, 0.4) is 0 Å². The summed E-state index contributed by atoms with van der Waals surface area (Å²) in [5.41, 5.74) is 2.00. The van der Waals surface area contributed by atoms with Gasteiger partial charge in [0.2, 0.25) is 10.0 Å². The molecule has 128 valence electrons. The molecule has 0 fully saturated rings. The van der Waals surface area contributed by atoms with E-state index in [4.69, 9.17) is 0 Å². The number of sulfonamides is 1. The van der Waals surface area contributed by atoms with Crippen LogP contribution in [-0.4, -0.2) is 38.4 Å². The summed E-state index contributed by atoms with van der Waals surface area (Å²) in [6, 6.07) is 16.2. The molecular weight excluding hydrogens is 324 g/mol. The molecule has 2 aromatic carbocycles. The molecule has 1 N–H and O–H groups in total. The van der Waals surface area contributed by atoms with Crippen LogP contribution < -0.4 is 4.72 Å². The van der Waals surface area contributed by atoms with Crippen LogP contribution >= 0.6 is 0 Å². The lowest BCUT2D eigenvalue weighted by molar-refractivity contribution is 0.0862. The van der Waals surface area contributed by atoms with Crippen LogP contribution in [0.15, 0.2) is 54.6 Å². The van der Waals surface area contributed by atoms with Gasteiger partial charge >= 0.3 is 0 Å². The number of carbonyl (C=O) groups is 1. The lowest BCUT2D eigenvalue weighted by atomic mass is 10.0. The lowest BCUT2D eigenvalue weighted by Gasteiger charge is -2.24. The van der Waals surface area contributed by atoms with Crippen molar-refractivity contribution in [2.24, 2.45) is 0 Å². The van der Waals surface area contributed by atoms with E-state index in [2.05, 4.69) is 4.72 Å². The Morgan fingerprint density at radius 1 is 1.12 bits per heavy atom. The Bertz CT molecular complexity index is 804. The Morgan fingerprint density at radius 3 is 2.42 bits per heavy atom. The smallest absolute Gasteiger partial charge is 0.229 e. The maximum atomic E-state index is 12.7. The van der Waals surface area contributed by atoms with Crippen molar-refractivity contribution in [3.8, 4) is 0 Å². The first-order valence-electron chi connectivity index (χ1n) is 7.62. The van der Waals surface area contributed by atoms with Crippen LogP contribution in [0, 0.1) is 0 Å². The number of nitrogens with one attached hydrogen (secondary N) is 1. The van der Waals surface area contributed by atoms with Gasteiger partial charge in [-0.1, -0.05) is 42.5 Å². The lowest BCUT2D eigenvalue weighted by Crippen LogP contribution is -2.35. The molecule has 0 aliphatic heterocycles. The molecule has 1 atom stereocenters. The van der Waals surface area contributed by atoms with E-state index >= 15 is 0 Å². The van der Waals surface area contributed by atoms with Gasteiger partial charge in [0, 0.05) is 17.8 Å². The quantitative estimate of drug-likeness (QED) is 0.783. The molecule has 6 heteroatoms. The van der Waals surface area contributed by atoms with Crippen LogP contribution in [0.4, 0.5) is 5.69 Å². The first-order chi connectivity index (χ1) is 11.3. The molecular formula is C18H22N2O3S. The number of rotatable bonds is 7. The van der Waals surface area contributed by atoms with Crippen molar-refractivity contribution < 1.29 is 13.2 Å². The summed E-state index contributed by atoms with van der Waals surface area (Å²) in [5.74, 6) is -0.0504. The highest BCUT2D eigenvalue weighted by atomic mass is 32.2. The van der Waals surface area contributed by atoms with E-state index in [9.17, 15) is 13.2 Å². The summed E-state index contributed by atoms with van der Waals surface area (Å²) in [6.07, 6.45) is 1.08. The largest absolute Gasteiger partial charge is 0.292 e. The van der Waals surface area contributed by atoms with Gasteiger partial charge in [0.1, 0.15) is 0 Å². The van der Waals surface area contributed by atoms with E-state index in [1.54, 1.807) is 24.3 Å². The summed E-state index contributed by atoms with van der Waals surface area (Å²) in [4.78, 5) is 14.6. The van der Waals surface area contributed by atoms with Crippen molar-refractivity contribution in [2.75, 3.05) is 18.0 Å². The van der Waals surface area contributed by atoms with E-state index < -0.39 is 10.0 Å². The van der Waals surface area contributed by atoms with Crippen LogP contribution in [0.1, 0.15) is 22.8 Å². The fraction of sp³-hybridized carbons (Fsp3) is 0.278. The number of nitrogens with zero attached hydrogens (tertiary/aromatic N) is 1. The molecule has 0 spiro atoms. The molecule has 0 heterocycles. The van der Waals surface area contributed by atoms with Crippen molar-refractivity contribution in [3.05, 3.63) is 65.7 Å². The molecule has 0 radical (unpaired) electrons. The molecule has 0 saturated heterocycles. The molecule has 0 saturated carbocycles. The summed E-state index contributed by atoms with van der Waals surface area (Å²) >= 11 is 0. The molecule has 1 unspecified atom stereocenters. The molecule has 24 heavy (non-hydrogen) atoms. The third-order valence-electron chi connectivity index (χ3n) is 3.77. The molecule has 0 bridgehead atoms. The summed E-state index contributed by atoms with van der Waals surface area (Å²) in [7, 11) is -1.47. The van der Waals surface area contributed by atoms with E-state index in [1.807, 2.05) is 49.2 Å². The number of benzene rings is 2. The van der Waals surface area contributed by atoms with Crippen molar-refractivity contribution in [3.63, 3.8) is 0 Å². The minimum absolute atomic E-state index is 0.0504. The van der Waals surface area contributed by atoms with Gasteiger partial charge in [-0.05, 0) is 31.7 Å². The second-order valence-corrected chi connectivity index (χ2v) is 7.64. The van der Waals surface area contributed by atoms with Gasteiger partial charge < -0.3 is 0 Å². The fourth-order valence-electron chi connectivity index (χ4n) is 2.40. The van der Waals surface area contributed by atoms with Crippen LogP contribution in [0.25, 0.3) is 0 Å². The zero-order chi connectivity index (χ0) is 17.7. The van der Waals surface area contributed by atoms with Crippen LogP contribution in [0.2, 0.25) is 0 Å². The Balaban J connectivity index is 2.11. The highest BCUT2D eigenvalue weighted by molar-refractivity contribution is 7.92. The van der Waals surface area contributed by atoms with Gasteiger partial charge in [0.25, 0.3) is 0 Å². The number of hydrogen-bond donors (Lipinski definition) is 1. The van der Waals surface area contributed by atoms with Crippen molar-refractivity contribution in [1.82, 2.24) is 4.90 Å². The Labute approximate surface area is 143 Å². The van der Waals surface area contributed by atoms with E-state index in [-0.39, 0.29) is 11.8 Å². The number of anilines is 1. The van der Waals surface area contributed by atoms with Crippen LogP contribution in [-0.2, 0) is 16.6 Å². The van der Waals surface area contributed by atoms with Gasteiger partial charge in [0.05, 0.1) is 12.3 Å². The average molecular weight is 346 g/mol. The maximum Gasteiger partial charge on any atom is 0.229 e. The topological polar surface area (TPSA) is 66.5 Å². The normalized spacial score (nSPS) is 12.8. The van der Waals surface area contributed by atoms with Gasteiger partial charge in [-0.15, -0.1) is 0 Å². The second-order valence-electron chi connectivity index (χ2n) is 5.90. The van der Waals surface area contributed by atoms with Crippen molar-refractivity contribution >= 4 is 21.5 Å². The van der Waals surface area contributed by atoms with Gasteiger partial charge in [-0.3, -0.25) is 14.4 Å². The first-order valence-corrected chi connectivity index (χ1v) is 9.51. The Hall–Kier alpha value is -2.18. The third-order valence-corrected chi connectivity index (χ3v) is 4.37. The Morgan fingerprint density at radius 2 is 1.79 bits per heavy atom. The minimum atomic E-state index is -3.37. The molecule has 0 aromatic heterocycles. The fourth-order valence-corrected chi connectivity index (χ4v) is 2.95. The number of carbonyl (C=O) groups excluding carboxylic acids is 1. The van der Waals surface area contributed by atoms with E-state index in [0.717, 1.165) is 11.8 Å². The molecule has 0 aliphatic rings. The number of Topliss-reactive ketones (excluding diaryl/α,β-unsaturated/α-hetero) is 1. The highest BCUT2D eigenvalue weighted by Gasteiger charge is 2.20. The summed E-state index contributed by atoms with van der Waals surface area (Å²) in [5, 5.41) is 0. The molecule has 2 aromatic rings. The highest BCUT2D eigenvalue weighted by Crippen LogP contribution is 2.16. The second kappa shape index (κ2) is 7.59. The van der Waals surface area contributed by atoms with Crippen molar-refractivity contribution in [1.29, 1.82) is 0 Å². The van der Waals surface area contributed by atoms with Gasteiger partial charge in [-0.25, -0.2) is 8.42 Å². The standard InChI is InChI=1S/C18H22N2O3S/c1-14(20(2)13-15-8-5-4-6-9-15)18(21)16-10-7-11-17(12-16)19-24(3,22)23/h4-12,14,19H,13H2,1-3H3. The molecule has 0 aliphatic carbocycles. The monoisotopic (exact) mass is 346 g/mol. The van der Waals surface area contributed by atoms with Crippen molar-refractivity contribution in [2.45, 2.75) is 19.5 Å². The zero-order valence-corrected chi connectivity index (χ0v) is 14.9. The predicted octanol–water partition coefficient (Wildman–Crippen LogP) is 2.76. The summed E-state index contributed by atoms with van der Waals surface area (Å²) in [6.45, 7) is 2.51. The van der Waals surface area contributed by atoms with Crippen LogP contribution in [0.5, 0.6) is 0 Å². The third kappa shape index (κ3) is 5.18. The van der Waals surface area contributed by atoms with Gasteiger partial charge in [0.15, 0.2) is 5.78 Å². The molecule has 0 amide bonds. The van der Waals surface area contributed by atoms with E-state index in [1.165, 1.54) is 0 Å².